The molecule has 1 aromatic rings. The van der Waals surface area contributed by atoms with Gasteiger partial charge in [-0.15, -0.1) is 0 Å². The lowest BCUT2D eigenvalue weighted by Gasteiger charge is -2.24. The molecule has 18 heavy (non-hydrogen) atoms. The summed E-state index contributed by atoms with van der Waals surface area (Å²) in [4.78, 5) is 12.1. The van der Waals surface area contributed by atoms with Crippen molar-refractivity contribution in [2.45, 2.75) is 25.8 Å². The summed E-state index contributed by atoms with van der Waals surface area (Å²) < 4.78 is 0. The van der Waals surface area contributed by atoms with E-state index in [0.29, 0.717) is 5.02 Å². The maximum Gasteiger partial charge on any atom is 0.224 e. The van der Waals surface area contributed by atoms with Gasteiger partial charge in [-0.25, -0.2) is 0 Å². The molecule has 0 spiro atoms. The quantitative estimate of drug-likeness (QED) is 0.883. The second-order valence-electron chi connectivity index (χ2n) is 4.83. The SMILES string of the molecule is C[C@H](NC(=O)C1CCCNC1)c1ccc(Cl)cc1. The first-order chi connectivity index (χ1) is 8.66. The second-order valence-corrected chi connectivity index (χ2v) is 5.26. The topological polar surface area (TPSA) is 41.1 Å². The first-order valence-electron chi connectivity index (χ1n) is 6.43. The van der Waals surface area contributed by atoms with E-state index < -0.39 is 0 Å². The van der Waals surface area contributed by atoms with E-state index >= 15 is 0 Å². The van der Waals surface area contributed by atoms with E-state index in [0.717, 1.165) is 31.5 Å². The second kappa shape index (κ2) is 6.21. The molecule has 2 N–H and O–H groups in total. The fraction of sp³-hybridized carbons (Fsp3) is 0.500. The molecule has 1 unspecified atom stereocenters. The van der Waals surface area contributed by atoms with Crippen molar-refractivity contribution in [3.05, 3.63) is 34.9 Å². The van der Waals surface area contributed by atoms with E-state index in [1.54, 1.807) is 0 Å². The molecule has 4 heteroatoms. The first kappa shape index (κ1) is 13.4. The highest BCUT2D eigenvalue weighted by Crippen LogP contribution is 2.17. The summed E-state index contributed by atoms with van der Waals surface area (Å²) in [7, 11) is 0. The van der Waals surface area contributed by atoms with Crippen LogP contribution in [0.3, 0.4) is 0 Å². The third kappa shape index (κ3) is 3.47. The van der Waals surface area contributed by atoms with Gasteiger partial charge >= 0.3 is 0 Å². The Labute approximate surface area is 113 Å². The van der Waals surface area contributed by atoms with E-state index in [1.807, 2.05) is 31.2 Å². The number of rotatable bonds is 3. The van der Waals surface area contributed by atoms with E-state index in [4.69, 9.17) is 11.6 Å². The smallest absolute Gasteiger partial charge is 0.224 e. The van der Waals surface area contributed by atoms with E-state index in [1.165, 1.54) is 0 Å². The molecule has 0 saturated carbocycles. The molecule has 1 saturated heterocycles. The van der Waals surface area contributed by atoms with Crippen LogP contribution in [0.5, 0.6) is 0 Å². The van der Waals surface area contributed by atoms with Crippen LogP contribution in [-0.2, 0) is 4.79 Å². The molecule has 98 valence electrons. The first-order valence-corrected chi connectivity index (χ1v) is 6.81. The monoisotopic (exact) mass is 266 g/mol. The average Bonchev–Trinajstić information content (AvgIpc) is 2.40. The Morgan fingerprint density at radius 3 is 2.78 bits per heavy atom. The molecule has 0 radical (unpaired) electrons. The Balaban J connectivity index is 1.91. The minimum atomic E-state index is 0.0247. The number of amides is 1. The van der Waals surface area contributed by atoms with Gasteiger partial charge in [0, 0.05) is 11.6 Å². The standard InChI is InChI=1S/C14H19ClN2O/c1-10(11-4-6-13(15)7-5-11)17-14(18)12-3-2-8-16-9-12/h4-7,10,12,16H,2-3,8-9H2,1H3,(H,17,18)/t10-,12?/m0/s1. The Bertz CT molecular complexity index is 399. The van der Waals surface area contributed by atoms with Crippen LogP contribution in [0.15, 0.2) is 24.3 Å². The molecule has 1 fully saturated rings. The van der Waals surface area contributed by atoms with E-state index in [2.05, 4.69) is 10.6 Å². The van der Waals surface area contributed by atoms with Crippen LogP contribution in [0, 0.1) is 5.92 Å². The highest BCUT2D eigenvalue weighted by atomic mass is 35.5. The van der Waals surface area contributed by atoms with Gasteiger partial charge in [0.1, 0.15) is 0 Å². The van der Waals surface area contributed by atoms with Crippen molar-refractivity contribution < 1.29 is 4.79 Å². The zero-order valence-corrected chi connectivity index (χ0v) is 11.3. The maximum absolute atomic E-state index is 12.1. The molecule has 2 rings (SSSR count). The average molecular weight is 267 g/mol. The lowest BCUT2D eigenvalue weighted by molar-refractivity contribution is -0.126. The summed E-state index contributed by atoms with van der Waals surface area (Å²) in [5, 5.41) is 7.04. The van der Waals surface area contributed by atoms with Gasteiger partial charge in [0.15, 0.2) is 0 Å². The zero-order valence-electron chi connectivity index (χ0n) is 10.6. The van der Waals surface area contributed by atoms with Crippen molar-refractivity contribution in [1.29, 1.82) is 0 Å². The van der Waals surface area contributed by atoms with Crippen LogP contribution in [0.2, 0.25) is 5.02 Å². The van der Waals surface area contributed by atoms with Crippen LogP contribution in [0.4, 0.5) is 0 Å². The molecule has 0 bridgehead atoms. The summed E-state index contributed by atoms with van der Waals surface area (Å²) in [6, 6.07) is 7.62. The molecule has 1 heterocycles. The molecule has 1 aliphatic heterocycles. The summed E-state index contributed by atoms with van der Waals surface area (Å²) in [6.07, 6.45) is 2.06. The van der Waals surface area contributed by atoms with Crippen molar-refractivity contribution in [1.82, 2.24) is 10.6 Å². The largest absolute Gasteiger partial charge is 0.349 e. The molecule has 2 atom stereocenters. The van der Waals surface area contributed by atoms with Gasteiger partial charge in [-0.1, -0.05) is 23.7 Å². The predicted molar refractivity (Wildman–Crippen MR) is 73.6 cm³/mol. The third-order valence-corrected chi connectivity index (χ3v) is 3.65. The van der Waals surface area contributed by atoms with Crippen molar-refractivity contribution >= 4 is 17.5 Å². The molecular weight excluding hydrogens is 248 g/mol. The Hall–Kier alpha value is -1.06. The Morgan fingerprint density at radius 1 is 1.44 bits per heavy atom. The molecule has 0 aromatic heterocycles. The lowest BCUT2D eigenvalue weighted by atomic mass is 9.98. The normalized spacial score (nSPS) is 21.3. The highest BCUT2D eigenvalue weighted by Gasteiger charge is 2.22. The summed E-state index contributed by atoms with van der Waals surface area (Å²) in [5.41, 5.74) is 1.08. The number of benzene rings is 1. The minimum Gasteiger partial charge on any atom is -0.349 e. The number of hydrogen-bond donors (Lipinski definition) is 2. The Kier molecular flexibility index (Phi) is 4.61. The molecular formula is C14H19ClN2O. The third-order valence-electron chi connectivity index (χ3n) is 3.40. The van der Waals surface area contributed by atoms with Gasteiger partial charge in [-0.3, -0.25) is 4.79 Å². The van der Waals surface area contributed by atoms with Crippen molar-refractivity contribution in [3.8, 4) is 0 Å². The van der Waals surface area contributed by atoms with Crippen LogP contribution >= 0.6 is 11.6 Å². The molecule has 1 aliphatic rings. The number of carbonyl (C=O) groups is 1. The Morgan fingerprint density at radius 2 is 2.17 bits per heavy atom. The maximum atomic E-state index is 12.1. The number of carbonyl (C=O) groups excluding carboxylic acids is 1. The molecule has 0 aliphatic carbocycles. The van der Waals surface area contributed by atoms with Crippen LogP contribution in [0.25, 0.3) is 0 Å². The minimum absolute atomic E-state index is 0.0247. The van der Waals surface area contributed by atoms with Crippen molar-refractivity contribution in [2.75, 3.05) is 13.1 Å². The van der Waals surface area contributed by atoms with Gasteiger partial charge in [0.05, 0.1) is 12.0 Å². The molecule has 3 nitrogen and oxygen atoms in total. The summed E-state index contributed by atoms with van der Waals surface area (Å²) in [5.74, 6) is 0.248. The van der Waals surface area contributed by atoms with Gasteiger partial charge in [0.25, 0.3) is 0 Å². The molecule has 1 aromatic carbocycles. The fourth-order valence-corrected chi connectivity index (χ4v) is 2.37. The van der Waals surface area contributed by atoms with E-state index in [9.17, 15) is 4.79 Å². The summed E-state index contributed by atoms with van der Waals surface area (Å²) in [6.45, 7) is 3.81. The number of hydrogen-bond acceptors (Lipinski definition) is 2. The fourth-order valence-electron chi connectivity index (χ4n) is 2.24. The van der Waals surface area contributed by atoms with E-state index in [-0.39, 0.29) is 17.9 Å². The van der Waals surface area contributed by atoms with Gasteiger partial charge < -0.3 is 10.6 Å². The predicted octanol–water partition coefficient (Wildman–Crippen LogP) is 2.52. The van der Waals surface area contributed by atoms with Gasteiger partial charge in [0.2, 0.25) is 5.91 Å². The van der Waals surface area contributed by atoms with Crippen LogP contribution < -0.4 is 10.6 Å². The van der Waals surface area contributed by atoms with Crippen molar-refractivity contribution in [3.63, 3.8) is 0 Å². The molecule has 1 amide bonds. The lowest BCUT2D eigenvalue weighted by Crippen LogP contribution is -2.41. The highest BCUT2D eigenvalue weighted by molar-refractivity contribution is 6.30. The van der Waals surface area contributed by atoms with Gasteiger partial charge in [-0.2, -0.15) is 0 Å². The van der Waals surface area contributed by atoms with Crippen LogP contribution in [0.1, 0.15) is 31.4 Å². The number of halogens is 1. The van der Waals surface area contributed by atoms with Crippen LogP contribution in [-0.4, -0.2) is 19.0 Å². The number of nitrogens with one attached hydrogen (secondary N) is 2. The summed E-state index contributed by atoms with van der Waals surface area (Å²) >= 11 is 5.85. The number of piperidine rings is 1. The van der Waals surface area contributed by atoms with Crippen molar-refractivity contribution in [2.24, 2.45) is 5.92 Å². The van der Waals surface area contributed by atoms with Gasteiger partial charge in [-0.05, 0) is 44.0 Å². The zero-order chi connectivity index (χ0) is 13.0.